The van der Waals surface area contributed by atoms with E-state index >= 15 is 0 Å². The maximum atomic E-state index is 2.65. The first-order valence-corrected chi connectivity index (χ1v) is 8.39. The molecular formula is C14H30ClNS. The fourth-order valence-corrected chi connectivity index (χ4v) is 3.29. The first-order valence-electron chi connectivity index (χ1n) is 7.23. The van der Waals surface area contributed by atoms with Gasteiger partial charge in [-0.1, -0.05) is 39.0 Å². The molecule has 0 aromatic rings. The first kappa shape index (κ1) is 17.6. The van der Waals surface area contributed by atoms with Crippen LogP contribution in [-0.2, 0) is 0 Å². The van der Waals surface area contributed by atoms with Crippen LogP contribution in [-0.4, -0.2) is 36.0 Å². The molecule has 0 unspecified atom stereocenters. The van der Waals surface area contributed by atoms with Crippen molar-refractivity contribution in [3.8, 4) is 0 Å². The zero-order valence-electron chi connectivity index (χ0n) is 11.5. The van der Waals surface area contributed by atoms with E-state index in [1.165, 1.54) is 82.5 Å². The van der Waals surface area contributed by atoms with Gasteiger partial charge in [0.15, 0.2) is 0 Å². The van der Waals surface area contributed by atoms with Gasteiger partial charge < -0.3 is 4.90 Å². The third kappa shape index (κ3) is 10.2. The van der Waals surface area contributed by atoms with Gasteiger partial charge in [0.2, 0.25) is 0 Å². The van der Waals surface area contributed by atoms with E-state index in [0.717, 1.165) is 0 Å². The maximum absolute atomic E-state index is 2.65. The van der Waals surface area contributed by atoms with Crippen molar-refractivity contribution < 1.29 is 0 Å². The van der Waals surface area contributed by atoms with Gasteiger partial charge in [-0.25, -0.2) is 0 Å². The highest BCUT2D eigenvalue weighted by atomic mass is 35.5. The van der Waals surface area contributed by atoms with Crippen LogP contribution in [0.3, 0.4) is 0 Å². The van der Waals surface area contributed by atoms with Crippen molar-refractivity contribution in [3.05, 3.63) is 0 Å². The molecule has 1 saturated heterocycles. The van der Waals surface area contributed by atoms with Gasteiger partial charge in [-0.2, -0.15) is 11.8 Å². The van der Waals surface area contributed by atoms with Crippen molar-refractivity contribution in [2.24, 2.45) is 0 Å². The molecule has 0 aliphatic carbocycles. The molecule has 0 aromatic carbocycles. The number of halogens is 1. The van der Waals surface area contributed by atoms with E-state index in [9.17, 15) is 0 Å². The average Bonchev–Trinajstić information content (AvgIpc) is 2.34. The Labute approximate surface area is 119 Å². The number of unbranched alkanes of at least 4 members (excludes halogenated alkanes) is 4. The van der Waals surface area contributed by atoms with Gasteiger partial charge in [0.25, 0.3) is 0 Å². The van der Waals surface area contributed by atoms with E-state index < -0.39 is 0 Å². The summed E-state index contributed by atoms with van der Waals surface area (Å²) in [4.78, 5) is 2.65. The minimum absolute atomic E-state index is 0. The Morgan fingerprint density at radius 1 is 0.882 bits per heavy atom. The predicted octanol–water partition coefficient (Wildman–Crippen LogP) is 4.60. The summed E-state index contributed by atoms with van der Waals surface area (Å²) >= 11 is 2.16. The standard InChI is InChI=1S/C14H29NS.ClH/c1-2-3-4-5-9-13-16-14-12-15-10-7-6-8-11-15;/h2-14H2,1H3;1H. The number of likely N-dealkylation sites (tertiary alicyclic amines) is 1. The number of rotatable bonds is 9. The molecule has 0 atom stereocenters. The molecule has 0 spiro atoms. The molecule has 0 bridgehead atoms. The first-order chi connectivity index (χ1) is 7.93. The van der Waals surface area contributed by atoms with Crippen LogP contribution in [0.1, 0.15) is 58.3 Å². The van der Waals surface area contributed by atoms with Crippen LogP contribution >= 0.6 is 24.2 Å². The number of thioether (sulfide) groups is 1. The predicted molar refractivity (Wildman–Crippen MR) is 83.6 cm³/mol. The van der Waals surface area contributed by atoms with Crippen molar-refractivity contribution in [1.82, 2.24) is 4.90 Å². The van der Waals surface area contributed by atoms with Crippen molar-refractivity contribution in [2.75, 3.05) is 31.1 Å². The lowest BCUT2D eigenvalue weighted by Gasteiger charge is -2.26. The highest BCUT2D eigenvalue weighted by Crippen LogP contribution is 2.12. The van der Waals surface area contributed by atoms with Crippen molar-refractivity contribution in [1.29, 1.82) is 0 Å². The average molecular weight is 280 g/mol. The minimum atomic E-state index is 0. The van der Waals surface area contributed by atoms with E-state index in [1.54, 1.807) is 0 Å². The van der Waals surface area contributed by atoms with Gasteiger partial charge in [-0.05, 0) is 38.1 Å². The van der Waals surface area contributed by atoms with Crippen LogP contribution < -0.4 is 0 Å². The second-order valence-corrected chi connectivity index (χ2v) is 6.15. The minimum Gasteiger partial charge on any atom is -0.303 e. The van der Waals surface area contributed by atoms with E-state index in [1.807, 2.05) is 0 Å². The van der Waals surface area contributed by atoms with Gasteiger partial charge in [-0.3, -0.25) is 0 Å². The number of hydrogen-bond acceptors (Lipinski definition) is 2. The topological polar surface area (TPSA) is 3.24 Å². The summed E-state index contributed by atoms with van der Waals surface area (Å²) in [6, 6.07) is 0. The fourth-order valence-electron chi connectivity index (χ4n) is 2.29. The normalized spacial score (nSPS) is 16.8. The quantitative estimate of drug-likeness (QED) is 0.568. The molecule has 3 heteroatoms. The summed E-state index contributed by atoms with van der Waals surface area (Å²) in [6.45, 7) is 6.33. The lowest BCUT2D eigenvalue weighted by Crippen LogP contribution is -2.31. The summed E-state index contributed by atoms with van der Waals surface area (Å²) in [5, 5.41) is 0. The largest absolute Gasteiger partial charge is 0.303 e. The lowest BCUT2D eigenvalue weighted by atomic mass is 10.1. The SMILES string of the molecule is CCCCCCCSCCN1CCCCC1.Cl. The maximum Gasteiger partial charge on any atom is 0.00723 e. The Morgan fingerprint density at radius 2 is 1.59 bits per heavy atom. The second kappa shape index (κ2) is 13.0. The Bertz CT molecular complexity index is 149. The number of nitrogens with zero attached hydrogens (tertiary/aromatic N) is 1. The van der Waals surface area contributed by atoms with Crippen LogP contribution in [0.4, 0.5) is 0 Å². The molecule has 1 aliphatic heterocycles. The number of piperidine rings is 1. The Hall–Kier alpha value is 0.600. The molecule has 1 aliphatic rings. The summed E-state index contributed by atoms with van der Waals surface area (Å²) in [7, 11) is 0. The molecule has 1 fully saturated rings. The summed E-state index contributed by atoms with van der Waals surface area (Å²) < 4.78 is 0. The second-order valence-electron chi connectivity index (χ2n) is 4.93. The summed E-state index contributed by atoms with van der Waals surface area (Å²) in [6.07, 6.45) is 11.4. The molecule has 1 nitrogen and oxygen atoms in total. The third-order valence-corrected chi connectivity index (χ3v) is 4.44. The molecule has 0 aromatic heterocycles. The van der Waals surface area contributed by atoms with Crippen molar-refractivity contribution >= 4 is 24.2 Å². The molecule has 104 valence electrons. The summed E-state index contributed by atoms with van der Waals surface area (Å²) in [5.74, 6) is 2.74. The molecule has 0 amide bonds. The smallest absolute Gasteiger partial charge is 0.00723 e. The molecule has 1 heterocycles. The Kier molecular flexibility index (Phi) is 13.5. The van der Waals surface area contributed by atoms with Gasteiger partial charge in [0, 0.05) is 12.3 Å². The number of hydrogen-bond donors (Lipinski definition) is 0. The molecule has 17 heavy (non-hydrogen) atoms. The van der Waals surface area contributed by atoms with Crippen LogP contribution in [0, 0.1) is 0 Å². The van der Waals surface area contributed by atoms with E-state index in [2.05, 4.69) is 23.6 Å². The van der Waals surface area contributed by atoms with Gasteiger partial charge in [-0.15, -0.1) is 12.4 Å². The highest BCUT2D eigenvalue weighted by molar-refractivity contribution is 7.99. The Balaban J connectivity index is 0.00000256. The Morgan fingerprint density at radius 3 is 2.29 bits per heavy atom. The van der Waals surface area contributed by atoms with Crippen LogP contribution in [0.5, 0.6) is 0 Å². The molecule has 0 N–H and O–H groups in total. The zero-order chi connectivity index (χ0) is 11.5. The van der Waals surface area contributed by atoms with Gasteiger partial charge in [0.05, 0.1) is 0 Å². The monoisotopic (exact) mass is 279 g/mol. The summed E-state index contributed by atoms with van der Waals surface area (Å²) in [5.41, 5.74) is 0. The van der Waals surface area contributed by atoms with E-state index in [-0.39, 0.29) is 12.4 Å². The van der Waals surface area contributed by atoms with Crippen LogP contribution in [0.25, 0.3) is 0 Å². The fraction of sp³-hybridized carbons (Fsp3) is 1.00. The molecular weight excluding hydrogens is 250 g/mol. The van der Waals surface area contributed by atoms with E-state index in [0.29, 0.717) is 0 Å². The zero-order valence-corrected chi connectivity index (χ0v) is 13.1. The van der Waals surface area contributed by atoms with Crippen LogP contribution in [0.15, 0.2) is 0 Å². The van der Waals surface area contributed by atoms with Crippen molar-refractivity contribution in [2.45, 2.75) is 58.3 Å². The van der Waals surface area contributed by atoms with Crippen LogP contribution in [0.2, 0.25) is 0 Å². The third-order valence-electron chi connectivity index (χ3n) is 3.39. The van der Waals surface area contributed by atoms with E-state index in [4.69, 9.17) is 0 Å². The molecule has 1 rings (SSSR count). The molecule has 0 saturated carbocycles. The van der Waals surface area contributed by atoms with Crippen molar-refractivity contribution in [3.63, 3.8) is 0 Å². The molecule has 0 radical (unpaired) electrons. The highest BCUT2D eigenvalue weighted by Gasteiger charge is 2.08. The van der Waals surface area contributed by atoms with Gasteiger partial charge in [0.1, 0.15) is 0 Å². The lowest BCUT2D eigenvalue weighted by molar-refractivity contribution is 0.242. The van der Waals surface area contributed by atoms with Gasteiger partial charge >= 0.3 is 0 Å².